The van der Waals surface area contributed by atoms with Crippen LogP contribution in [-0.4, -0.2) is 69.7 Å². The van der Waals surface area contributed by atoms with E-state index < -0.39 is 5.60 Å². The van der Waals surface area contributed by atoms with Crippen LogP contribution in [0.5, 0.6) is 5.75 Å². The zero-order valence-corrected chi connectivity index (χ0v) is 23.8. The third kappa shape index (κ3) is 5.48. The maximum atomic E-state index is 13.6. The summed E-state index contributed by atoms with van der Waals surface area (Å²) in [5.41, 5.74) is 2.92. The number of nitrogens with zero attached hydrogens (tertiary/aromatic N) is 5. The molecule has 2 aliphatic rings. The fourth-order valence-electron chi connectivity index (χ4n) is 5.54. The first-order chi connectivity index (χ1) is 19.1. The summed E-state index contributed by atoms with van der Waals surface area (Å²) < 4.78 is 13.0. The smallest absolute Gasteiger partial charge is 0.410 e. The number of urea groups is 1. The number of piperidine rings is 1. The van der Waals surface area contributed by atoms with Gasteiger partial charge < -0.3 is 18.9 Å². The summed E-state index contributed by atoms with van der Waals surface area (Å²) in [7, 11) is 1.60. The molecule has 2 fully saturated rings. The Labute approximate surface area is 234 Å². The van der Waals surface area contributed by atoms with E-state index >= 15 is 0 Å². The molecule has 0 N–H and O–H groups in total. The molecule has 212 valence electrons. The summed E-state index contributed by atoms with van der Waals surface area (Å²) in [5, 5.41) is 0.877. The minimum atomic E-state index is -0.526. The van der Waals surface area contributed by atoms with Crippen LogP contribution < -0.4 is 9.64 Å². The Morgan fingerprint density at radius 1 is 1.05 bits per heavy atom. The number of carbonyl (C=O) groups is 3. The maximum Gasteiger partial charge on any atom is 0.410 e. The Morgan fingerprint density at radius 3 is 2.40 bits per heavy atom. The van der Waals surface area contributed by atoms with Gasteiger partial charge >= 0.3 is 12.1 Å². The van der Waals surface area contributed by atoms with E-state index in [1.807, 2.05) is 58.0 Å². The lowest BCUT2D eigenvalue weighted by Crippen LogP contribution is -2.52. The molecule has 10 nitrogen and oxygen atoms in total. The molecule has 2 aromatic heterocycles. The van der Waals surface area contributed by atoms with E-state index in [1.165, 1.54) is 4.90 Å². The molecule has 1 aromatic carbocycles. The SMILES string of the molecule is COc1ccc(CN2C(=O)CCN(c3ccnc4c3cc(C)n4C3CCN(C(=O)OC(C)(C)C)CC3)C2=O)cc1. The topological polar surface area (TPSA) is 97.2 Å². The molecule has 0 aliphatic carbocycles. The standard InChI is InChI=1S/C30H37N5O5/c1-20-18-24-25(33-17-13-26(36)34(28(33)37)19-21-6-8-23(39-5)9-7-21)10-14-31-27(24)35(20)22-11-15-32(16-12-22)29(38)40-30(2,3)4/h6-10,14,18,22H,11-13,15-17,19H2,1-5H3. The lowest BCUT2D eigenvalue weighted by Gasteiger charge is -2.35. The van der Waals surface area contributed by atoms with Crippen LogP contribution in [0.25, 0.3) is 11.0 Å². The number of methoxy groups -OCH3 is 1. The van der Waals surface area contributed by atoms with E-state index in [1.54, 1.807) is 23.1 Å². The Bertz CT molecular complexity index is 1420. The Balaban J connectivity index is 1.36. The number of imide groups is 1. The van der Waals surface area contributed by atoms with E-state index in [9.17, 15) is 14.4 Å². The van der Waals surface area contributed by atoms with Gasteiger partial charge in [0, 0.05) is 49.4 Å². The second-order valence-electron chi connectivity index (χ2n) is 11.4. The number of rotatable bonds is 5. The number of fused-ring (bicyclic) bond motifs is 1. The number of pyridine rings is 1. The highest BCUT2D eigenvalue weighted by molar-refractivity contribution is 6.09. The van der Waals surface area contributed by atoms with E-state index in [0.717, 1.165) is 46.6 Å². The summed E-state index contributed by atoms with van der Waals surface area (Å²) in [6.45, 7) is 9.38. The fourth-order valence-corrected chi connectivity index (χ4v) is 5.54. The second-order valence-corrected chi connectivity index (χ2v) is 11.4. The summed E-state index contributed by atoms with van der Waals surface area (Å²) in [6, 6.07) is 11.1. The lowest BCUT2D eigenvalue weighted by atomic mass is 10.0. The molecule has 0 radical (unpaired) electrons. The quantitative estimate of drug-likeness (QED) is 0.431. The largest absolute Gasteiger partial charge is 0.497 e. The van der Waals surface area contributed by atoms with Gasteiger partial charge in [-0.3, -0.25) is 14.6 Å². The molecule has 0 spiro atoms. The summed E-state index contributed by atoms with van der Waals surface area (Å²) in [6.07, 6.45) is 3.25. The average molecular weight is 548 g/mol. The molecule has 0 unspecified atom stereocenters. The number of anilines is 1. The van der Waals surface area contributed by atoms with Crippen LogP contribution in [0.15, 0.2) is 42.6 Å². The molecule has 4 amide bonds. The van der Waals surface area contributed by atoms with Crippen molar-refractivity contribution in [2.75, 3.05) is 31.6 Å². The number of hydrogen-bond acceptors (Lipinski definition) is 6. The van der Waals surface area contributed by atoms with Crippen LogP contribution in [0.3, 0.4) is 0 Å². The Morgan fingerprint density at radius 2 is 1.75 bits per heavy atom. The van der Waals surface area contributed by atoms with Crippen LogP contribution in [0.2, 0.25) is 0 Å². The summed E-state index contributed by atoms with van der Waals surface area (Å²) in [4.78, 5) is 48.4. The number of hydrogen-bond donors (Lipinski definition) is 0. The van der Waals surface area contributed by atoms with Crippen LogP contribution in [0.1, 0.15) is 57.3 Å². The third-order valence-electron chi connectivity index (χ3n) is 7.49. The first-order valence-corrected chi connectivity index (χ1v) is 13.7. The van der Waals surface area contributed by atoms with Crippen molar-refractivity contribution in [3.8, 4) is 5.75 Å². The monoisotopic (exact) mass is 547 g/mol. The number of aromatic nitrogens is 2. The van der Waals surface area contributed by atoms with Crippen LogP contribution in [0.4, 0.5) is 15.3 Å². The first-order valence-electron chi connectivity index (χ1n) is 13.7. The Kier molecular flexibility index (Phi) is 7.44. The maximum absolute atomic E-state index is 13.6. The summed E-state index contributed by atoms with van der Waals surface area (Å²) >= 11 is 0. The van der Waals surface area contributed by atoms with Crippen LogP contribution in [-0.2, 0) is 16.1 Å². The van der Waals surface area contributed by atoms with Gasteiger partial charge in [-0.1, -0.05) is 12.1 Å². The van der Waals surface area contributed by atoms with E-state index in [2.05, 4.69) is 10.6 Å². The van der Waals surface area contributed by atoms with Crippen molar-refractivity contribution in [2.45, 2.75) is 65.1 Å². The number of aryl methyl sites for hydroxylation is 1. The summed E-state index contributed by atoms with van der Waals surface area (Å²) in [5.74, 6) is 0.532. The lowest BCUT2D eigenvalue weighted by molar-refractivity contribution is -0.129. The minimum absolute atomic E-state index is 0.171. The minimum Gasteiger partial charge on any atom is -0.497 e. The molecule has 40 heavy (non-hydrogen) atoms. The molecular weight excluding hydrogens is 510 g/mol. The average Bonchev–Trinajstić information content (AvgIpc) is 3.26. The van der Waals surface area contributed by atoms with E-state index in [-0.39, 0.29) is 37.0 Å². The molecule has 4 heterocycles. The van der Waals surface area contributed by atoms with Gasteiger partial charge in [0.25, 0.3) is 0 Å². The molecule has 5 rings (SSSR count). The number of carbonyl (C=O) groups excluding carboxylic acids is 3. The van der Waals surface area contributed by atoms with Gasteiger partial charge in [-0.2, -0.15) is 0 Å². The molecule has 0 bridgehead atoms. The predicted octanol–water partition coefficient (Wildman–Crippen LogP) is 5.28. The van der Waals surface area contributed by atoms with Gasteiger partial charge in [-0.15, -0.1) is 0 Å². The van der Waals surface area contributed by atoms with Crippen molar-refractivity contribution < 1.29 is 23.9 Å². The molecule has 2 saturated heterocycles. The number of benzene rings is 1. The molecule has 2 aliphatic heterocycles. The van der Waals surface area contributed by atoms with Crippen LogP contribution >= 0.6 is 0 Å². The van der Waals surface area contributed by atoms with Crippen molar-refractivity contribution in [3.63, 3.8) is 0 Å². The Hall–Kier alpha value is -4.08. The van der Waals surface area contributed by atoms with Crippen molar-refractivity contribution in [1.82, 2.24) is 19.4 Å². The molecule has 10 heteroatoms. The van der Waals surface area contributed by atoms with Crippen molar-refractivity contribution >= 4 is 34.8 Å². The highest BCUT2D eigenvalue weighted by atomic mass is 16.6. The second kappa shape index (κ2) is 10.8. The van der Waals surface area contributed by atoms with E-state index in [0.29, 0.717) is 19.6 Å². The molecule has 0 atom stereocenters. The van der Waals surface area contributed by atoms with Gasteiger partial charge in [0.2, 0.25) is 5.91 Å². The van der Waals surface area contributed by atoms with Gasteiger partial charge in [0.1, 0.15) is 17.0 Å². The molecule has 0 saturated carbocycles. The third-order valence-corrected chi connectivity index (χ3v) is 7.49. The fraction of sp³-hybridized carbons (Fsp3) is 0.467. The van der Waals surface area contributed by atoms with Gasteiger partial charge in [-0.25, -0.2) is 14.6 Å². The van der Waals surface area contributed by atoms with Crippen molar-refractivity contribution in [2.24, 2.45) is 0 Å². The number of ether oxygens (including phenoxy) is 2. The predicted molar refractivity (Wildman–Crippen MR) is 151 cm³/mol. The zero-order valence-electron chi connectivity index (χ0n) is 23.8. The van der Waals surface area contributed by atoms with Gasteiger partial charge in [-0.05, 0) is 70.4 Å². The van der Waals surface area contributed by atoms with Crippen molar-refractivity contribution in [3.05, 3.63) is 53.9 Å². The molecule has 3 aromatic rings. The first kappa shape index (κ1) is 27.5. The van der Waals surface area contributed by atoms with E-state index in [4.69, 9.17) is 14.5 Å². The normalized spacial score (nSPS) is 17.1. The highest BCUT2D eigenvalue weighted by Crippen LogP contribution is 2.35. The number of amides is 4. The number of likely N-dealkylation sites (tertiary alicyclic amines) is 1. The van der Waals surface area contributed by atoms with Crippen molar-refractivity contribution in [1.29, 1.82) is 0 Å². The van der Waals surface area contributed by atoms with Gasteiger partial charge in [0.05, 0.1) is 19.3 Å². The van der Waals surface area contributed by atoms with Crippen LogP contribution in [0, 0.1) is 6.92 Å². The zero-order chi connectivity index (χ0) is 28.6. The van der Waals surface area contributed by atoms with Gasteiger partial charge in [0.15, 0.2) is 0 Å². The molecular formula is C30H37N5O5. The highest BCUT2D eigenvalue weighted by Gasteiger charge is 2.35.